The third-order valence-electron chi connectivity index (χ3n) is 4.83. The van der Waals surface area contributed by atoms with Gasteiger partial charge in [-0.15, -0.1) is 0 Å². The Labute approximate surface area is 170 Å². The summed E-state index contributed by atoms with van der Waals surface area (Å²) >= 11 is 0. The van der Waals surface area contributed by atoms with Crippen LogP contribution in [0.3, 0.4) is 0 Å². The molecule has 0 bridgehead atoms. The lowest BCUT2D eigenvalue weighted by molar-refractivity contribution is 0.0917. The van der Waals surface area contributed by atoms with Crippen LogP contribution in [-0.4, -0.2) is 46.6 Å². The van der Waals surface area contributed by atoms with Crippen LogP contribution in [0.15, 0.2) is 54.6 Å². The number of methoxy groups -OCH3 is 2. The molecule has 0 spiro atoms. The zero-order valence-electron chi connectivity index (χ0n) is 16.6. The summed E-state index contributed by atoms with van der Waals surface area (Å²) in [5.41, 5.74) is 0. The molecule has 0 radical (unpaired) electrons. The van der Waals surface area contributed by atoms with Crippen molar-refractivity contribution in [1.82, 2.24) is 5.32 Å². The molecule has 1 N–H and O–H groups in total. The van der Waals surface area contributed by atoms with Gasteiger partial charge >= 0.3 is 0 Å². The summed E-state index contributed by atoms with van der Waals surface area (Å²) in [5.74, 6) is 3.52. The van der Waals surface area contributed by atoms with Crippen LogP contribution in [0, 0.1) is 0 Å². The van der Waals surface area contributed by atoms with Gasteiger partial charge in [-0.25, -0.2) is 0 Å². The summed E-state index contributed by atoms with van der Waals surface area (Å²) in [7, 11) is 3.23. The molecular formula is C23H25NO5. The van der Waals surface area contributed by atoms with Crippen molar-refractivity contribution in [3.63, 3.8) is 0 Å². The van der Waals surface area contributed by atoms with Gasteiger partial charge < -0.3 is 29.0 Å². The van der Waals surface area contributed by atoms with E-state index < -0.39 is 0 Å². The van der Waals surface area contributed by atoms with Crippen LogP contribution >= 0.6 is 0 Å². The van der Waals surface area contributed by atoms with E-state index in [0.29, 0.717) is 43.6 Å². The van der Waals surface area contributed by atoms with Gasteiger partial charge in [0.1, 0.15) is 19.3 Å². The smallest absolute Gasteiger partial charge is 0.203 e. The first kappa shape index (κ1) is 19.2. The van der Waals surface area contributed by atoms with Crippen molar-refractivity contribution in [3.05, 3.63) is 54.6 Å². The number of benzene rings is 3. The fraction of sp³-hybridized carbons (Fsp3) is 0.304. The summed E-state index contributed by atoms with van der Waals surface area (Å²) in [6.07, 6.45) is -0.0610. The number of fused-ring (bicyclic) bond motifs is 3. The van der Waals surface area contributed by atoms with Gasteiger partial charge in [-0.1, -0.05) is 36.4 Å². The van der Waals surface area contributed by atoms with Gasteiger partial charge in [-0.05, 0) is 23.6 Å². The Kier molecular flexibility index (Phi) is 5.91. The maximum Gasteiger partial charge on any atom is 0.203 e. The zero-order valence-corrected chi connectivity index (χ0v) is 16.6. The third kappa shape index (κ3) is 4.17. The van der Waals surface area contributed by atoms with Crippen molar-refractivity contribution in [1.29, 1.82) is 0 Å². The van der Waals surface area contributed by atoms with Crippen molar-refractivity contribution in [3.8, 4) is 28.7 Å². The highest BCUT2D eigenvalue weighted by Gasteiger charge is 2.22. The van der Waals surface area contributed by atoms with Gasteiger partial charge in [0, 0.05) is 18.5 Å². The highest BCUT2D eigenvalue weighted by atomic mass is 16.6. The number of ether oxygens (including phenoxy) is 5. The second-order valence-corrected chi connectivity index (χ2v) is 6.71. The molecule has 1 aliphatic rings. The lowest BCUT2D eigenvalue weighted by atomic mass is 10.1. The fourth-order valence-electron chi connectivity index (χ4n) is 3.39. The Balaban J connectivity index is 1.30. The minimum atomic E-state index is -0.0610. The minimum Gasteiger partial charge on any atom is -0.493 e. The average molecular weight is 395 g/mol. The van der Waals surface area contributed by atoms with Crippen LogP contribution < -0.4 is 29.0 Å². The molecule has 29 heavy (non-hydrogen) atoms. The molecule has 0 aliphatic carbocycles. The number of hydrogen-bond acceptors (Lipinski definition) is 6. The Hall–Kier alpha value is -3.12. The van der Waals surface area contributed by atoms with Crippen LogP contribution in [-0.2, 0) is 0 Å². The lowest BCUT2D eigenvalue weighted by Gasteiger charge is -2.27. The molecule has 3 aromatic rings. The maximum absolute atomic E-state index is 6.21. The molecule has 3 aromatic carbocycles. The maximum atomic E-state index is 6.21. The van der Waals surface area contributed by atoms with Crippen molar-refractivity contribution < 1.29 is 23.7 Å². The Morgan fingerprint density at radius 2 is 1.76 bits per heavy atom. The first-order chi connectivity index (χ1) is 14.3. The molecule has 1 heterocycles. The topological polar surface area (TPSA) is 58.2 Å². The van der Waals surface area contributed by atoms with Gasteiger partial charge in [-0.3, -0.25) is 0 Å². The molecule has 0 aromatic heterocycles. The number of para-hydroxylation sites is 1. The number of nitrogens with one attached hydrogen (secondary N) is 1. The minimum absolute atomic E-state index is 0.0610. The van der Waals surface area contributed by atoms with Gasteiger partial charge in [0.2, 0.25) is 5.75 Å². The highest BCUT2D eigenvalue weighted by Crippen LogP contribution is 2.39. The molecule has 6 heteroatoms. The van der Waals surface area contributed by atoms with Crippen LogP contribution in [0.4, 0.5) is 0 Å². The summed E-state index contributed by atoms with van der Waals surface area (Å²) in [4.78, 5) is 0. The molecule has 152 valence electrons. The van der Waals surface area contributed by atoms with Crippen LogP contribution in [0.5, 0.6) is 28.7 Å². The van der Waals surface area contributed by atoms with Crippen molar-refractivity contribution >= 4 is 10.8 Å². The first-order valence-corrected chi connectivity index (χ1v) is 9.66. The Morgan fingerprint density at radius 1 is 0.966 bits per heavy atom. The van der Waals surface area contributed by atoms with Crippen LogP contribution in [0.25, 0.3) is 10.8 Å². The van der Waals surface area contributed by atoms with E-state index in [1.165, 1.54) is 0 Å². The van der Waals surface area contributed by atoms with Gasteiger partial charge in [0.05, 0.1) is 14.2 Å². The van der Waals surface area contributed by atoms with E-state index in [1.807, 2.05) is 36.4 Å². The molecule has 1 aliphatic heterocycles. The number of rotatable bonds is 8. The second kappa shape index (κ2) is 8.92. The van der Waals surface area contributed by atoms with E-state index in [9.17, 15) is 0 Å². The predicted molar refractivity (Wildman–Crippen MR) is 112 cm³/mol. The molecule has 6 nitrogen and oxygen atoms in total. The van der Waals surface area contributed by atoms with Crippen LogP contribution in [0.1, 0.15) is 0 Å². The van der Waals surface area contributed by atoms with E-state index >= 15 is 0 Å². The van der Waals surface area contributed by atoms with E-state index in [1.54, 1.807) is 14.2 Å². The summed E-state index contributed by atoms with van der Waals surface area (Å²) in [6, 6.07) is 17.7. The Bertz CT molecular complexity index is 952. The molecule has 0 saturated heterocycles. The quantitative estimate of drug-likeness (QED) is 0.588. The second-order valence-electron chi connectivity index (χ2n) is 6.71. The molecule has 4 rings (SSSR count). The summed E-state index contributed by atoms with van der Waals surface area (Å²) in [6.45, 7) is 2.31. The van der Waals surface area contributed by atoms with E-state index in [0.717, 1.165) is 22.3 Å². The van der Waals surface area contributed by atoms with E-state index in [4.69, 9.17) is 23.7 Å². The first-order valence-electron chi connectivity index (χ1n) is 9.66. The monoisotopic (exact) mass is 395 g/mol. The zero-order chi connectivity index (χ0) is 20.1. The average Bonchev–Trinajstić information content (AvgIpc) is 2.78. The highest BCUT2D eigenvalue weighted by molar-refractivity contribution is 5.90. The van der Waals surface area contributed by atoms with Crippen molar-refractivity contribution in [2.75, 3.05) is 40.5 Å². The number of hydrogen-bond donors (Lipinski definition) is 1. The molecule has 1 atom stereocenters. The molecule has 0 saturated carbocycles. The van der Waals surface area contributed by atoms with Crippen molar-refractivity contribution in [2.24, 2.45) is 0 Å². The lowest BCUT2D eigenvalue weighted by Crippen LogP contribution is -2.39. The molecule has 0 fully saturated rings. The van der Waals surface area contributed by atoms with Crippen LogP contribution in [0.2, 0.25) is 0 Å². The van der Waals surface area contributed by atoms with Gasteiger partial charge in [0.25, 0.3) is 0 Å². The van der Waals surface area contributed by atoms with E-state index in [2.05, 4.69) is 23.5 Å². The summed E-state index contributed by atoms with van der Waals surface area (Å²) in [5, 5.41) is 5.58. The van der Waals surface area contributed by atoms with Gasteiger partial charge in [-0.2, -0.15) is 0 Å². The van der Waals surface area contributed by atoms with E-state index in [-0.39, 0.29) is 6.10 Å². The SMILES string of the molecule is COc1cccc(OC)c1OCCNCC1COc2ccc3ccccc3c2O1. The normalized spacial score (nSPS) is 15.2. The fourth-order valence-corrected chi connectivity index (χ4v) is 3.39. The largest absolute Gasteiger partial charge is 0.493 e. The molecule has 1 unspecified atom stereocenters. The molecular weight excluding hydrogens is 370 g/mol. The third-order valence-corrected chi connectivity index (χ3v) is 4.83. The standard InChI is InChI=1S/C23H25NO5/c1-25-19-8-5-9-20(26-2)23(19)27-13-12-24-14-17-15-28-21-11-10-16-6-3-4-7-18(16)22(21)29-17/h3-11,17,24H,12-15H2,1-2H3. The van der Waals surface area contributed by atoms with Crippen molar-refractivity contribution in [2.45, 2.75) is 6.10 Å². The summed E-state index contributed by atoms with van der Waals surface area (Å²) < 4.78 is 28.7. The molecule has 0 amide bonds. The Morgan fingerprint density at radius 3 is 2.55 bits per heavy atom. The predicted octanol–water partition coefficient (Wildman–Crippen LogP) is 3.67. The van der Waals surface area contributed by atoms with Gasteiger partial charge in [0.15, 0.2) is 23.0 Å².